The Morgan fingerprint density at radius 1 is 1.30 bits per heavy atom. The van der Waals surface area contributed by atoms with Crippen LogP contribution in [0.3, 0.4) is 0 Å². The van der Waals surface area contributed by atoms with Crippen molar-refractivity contribution in [3.8, 4) is 0 Å². The van der Waals surface area contributed by atoms with Gasteiger partial charge in [-0.3, -0.25) is 14.4 Å². The Morgan fingerprint density at radius 2 is 2.11 bits per heavy atom. The van der Waals surface area contributed by atoms with Crippen molar-refractivity contribution >= 4 is 29.4 Å². The number of aryl methyl sites for hydroxylation is 1. The summed E-state index contributed by atoms with van der Waals surface area (Å²) in [4.78, 5) is 57.5. The Morgan fingerprint density at radius 3 is 2.81 bits per heavy atom. The molecule has 5 rings (SSSR count). The summed E-state index contributed by atoms with van der Waals surface area (Å²) in [5.41, 5.74) is 0.678. The van der Waals surface area contributed by atoms with Gasteiger partial charge in [0.1, 0.15) is 29.5 Å². The number of amides is 3. The summed E-state index contributed by atoms with van der Waals surface area (Å²) in [5.74, 6) is -1.43. The zero-order valence-corrected chi connectivity index (χ0v) is 19.9. The number of carbonyl (C=O) groups excluding carboxylic acids is 2. The standard InChI is InChI=1S/C23H24FN7O6/c1-2-14-7-19-30(12-18(32)26-17-4-3-13(24)8-25-17)20-16(21(33)31(19)27-14)11-29(22(20)34)10-15-9-28(23(35)36)5-6-37-15/h3-4,7-8,15H,2,5-6,9-12H2,1H3,(H,35,36)(H,25,26,32)/t15-/m0/s1. The van der Waals surface area contributed by atoms with E-state index in [-0.39, 0.29) is 62.1 Å². The number of halogens is 1. The van der Waals surface area contributed by atoms with Crippen LogP contribution in [0.15, 0.2) is 29.2 Å². The molecule has 0 saturated carbocycles. The van der Waals surface area contributed by atoms with Gasteiger partial charge in [-0.05, 0) is 18.6 Å². The summed E-state index contributed by atoms with van der Waals surface area (Å²) >= 11 is 0. The second kappa shape index (κ2) is 9.61. The lowest BCUT2D eigenvalue weighted by Crippen LogP contribution is -2.49. The first kappa shape index (κ1) is 24.4. The average Bonchev–Trinajstić information content (AvgIpc) is 3.46. The molecule has 14 heteroatoms. The van der Waals surface area contributed by atoms with Gasteiger partial charge in [-0.15, -0.1) is 0 Å². The maximum Gasteiger partial charge on any atom is 0.407 e. The number of pyridine rings is 1. The monoisotopic (exact) mass is 513 g/mol. The average molecular weight is 513 g/mol. The fraction of sp³-hybridized carbons (Fsp3) is 0.391. The molecule has 2 aliphatic rings. The molecule has 194 valence electrons. The van der Waals surface area contributed by atoms with Gasteiger partial charge in [-0.1, -0.05) is 6.92 Å². The van der Waals surface area contributed by atoms with Gasteiger partial charge in [-0.25, -0.2) is 14.2 Å². The van der Waals surface area contributed by atoms with E-state index in [0.717, 1.165) is 12.3 Å². The van der Waals surface area contributed by atoms with Crippen molar-refractivity contribution in [1.82, 2.24) is 29.0 Å². The fourth-order valence-corrected chi connectivity index (χ4v) is 4.57. The van der Waals surface area contributed by atoms with Gasteiger partial charge in [0.15, 0.2) is 0 Å². The predicted octanol–water partition coefficient (Wildman–Crippen LogP) is 0.566. The summed E-state index contributed by atoms with van der Waals surface area (Å²) in [5, 5.41) is 16.2. The van der Waals surface area contributed by atoms with E-state index in [4.69, 9.17) is 4.74 Å². The van der Waals surface area contributed by atoms with E-state index in [9.17, 15) is 28.7 Å². The number of hydrogen-bond acceptors (Lipinski definition) is 7. The van der Waals surface area contributed by atoms with Gasteiger partial charge < -0.3 is 29.5 Å². The fourth-order valence-electron chi connectivity index (χ4n) is 4.57. The van der Waals surface area contributed by atoms with Crippen LogP contribution in [0, 0.1) is 5.82 Å². The number of carbonyl (C=O) groups is 3. The number of anilines is 1. The molecule has 2 aliphatic heterocycles. The molecule has 37 heavy (non-hydrogen) atoms. The molecule has 0 aromatic carbocycles. The molecule has 3 aromatic heterocycles. The minimum absolute atomic E-state index is 0.0294. The van der Waals surface area contributed by atoms with Crippen molar-refractivity contribution in [3.63, 3.8) is 0 Å². The number of carboxylic acid groups (broad SMARTS) is 1. The van der Waals surface area contributed by atoms with Crippen molar-refractivity contribution in [2.75, 3.05) is 31.6 Å². The summed E-state index contributed by atoms with van der Waals surface area (Å²) in [6.45, 7) is 2.11. The Kier molecular flexibility index (Phi) is 6.33. The van der Waals surface area contributed by atoms with Crippen LogP contribution in [0.4, 0.5) is 15.0 Å². The zero-order valence-electron chi connectivity index (χ0n) is 19.9. The number of rotatable bonds is 6. The van der Waals surface area contributed by atoms with Crippen LogP contribution in [0.1, 0.15) is 28.7 Å². The molecular weight excluding hydrogens is 489 g/mol. The largest absolute Gasteiger partial charge is 0.465 e. The van der Waals surface area contributed by atoms with Crippen LogP contribution in [-0.2, 0) is 29.0 Å². The van der Waals surface area contributed by atoms with Crippen LogP contribution in [0.2, 0.25) is 0 Å². The number of aromatic nitrogens is 4. The third-order valence-electron chi connectivity index (χ3n) is 6.35. The van der Waals surface area contributed by atoms with E-state index in [1.807, 2.05) is 6.92 Å². The van der Waals surface area contributed by atoms with Crippen LogP contribution < -0.4 is 10.9 Å². The highest BCUT2D eigenvalue weighted by molar-refractivity contribution is 5.98. The van der Waals surface area contributed by atoms with E-state index in [0.29, 0.717) is 12.1 Å². The van der Waals surface area contributed by atoms with E-state index in [1.54, 1.807) is 6.07 Å². The third kappa shape index (κ3) is 4.62. The van der Waals surface area contributed by atoms with Crippen molar-refractivity contribution in [1.29, 1.82) is 0 Å². The van der Waals surface area contributed by atoms with Crippen molar-refractivity contribution in [3.05, 3.63) is 57.5 Å². The molecular formula is C23H24FN7O6. The lowest BCUT2D eigenvalue weighted by molar-refractivity contribution is -0.116. The van der Waals surface area contributed by atoms with E-state index in [2.05, 4.69) is 15.4 Å². The maximum atomic E-state index is 13.5. The molecule has 3 amide bonds. The van der Waals surface area contributed by atoms with E-state index >= 15 is 0 Å². The number of fused-ring (bicyclic) bond motifs is 2. The first-order valence-corrected chi connectivity index (χ1v) is 11.7. The highest BCUT2D eigenvalue weighted by atomic mass is 19.1. The Bertz CT molecular complexity index is 1450. The molecule has 1 fully saturated rings. The quantitative estimate of drug-likeness (QED) is 0.485. The van der Waals surface area contributed by atoms with Gasteiger partial charge in [-0.2, -0.15) is 9.61 Å². The number of nitrogens with zero attached hydrogens (tertiary/aromatic N) is 6. The highest BCUT2D eigenvalue weighted by Crippen LogP contribution is 2.24. The van der Waals surface area contributed by atoms with E-state index < -0.39 is 35.4 Å². The number of hydrogen-bond donors (Lipinski definition) is 2. The van der Waals surface area contributed by atoms with Gasteiger partial charge in [0.2, 0.25) is 5.91 Å². The SMILES string of the molecule is CCc1cc2n(CC(=O)Nc3ccc(F)cn3)c3c(c(=O)n2n1)CN(C[C@@H]1CN(C(=O)O)CCO1)C3=O. The van der Waals surface area contributed by atoms with Crippen molar-refractivity contribution in [2.45, 2.75) is 32.5 Å². The molecule has 13 nitrogen and oxygen atoms in total. The number of ether oxygens (including phenoxy) is 1. The van der Waals surface area contributed by atoms with Crippen molar-refractivity contribution in [2.24, 2.45) is 0 Å². The molecule has 2 N–H and O–H groups in total. The third-order valence-corrected chi connectivity index (χ3v) is 6.35. The molecule has 0 unspecified atom stereocenters. The Labute approximate surface area is 209 Å². The summed E-state index contributed by atoms with van der Waals surface area (Å²) in [7, 11) is 0. The smallest absolute Gasteiger partial charge is 0.407 e. The second-order valence-corrected chi connectivity index (χ2v) is 8.79. The van der Waals surface area contributed by atoms with Crippen LogP contribution in [0.5, 0.6) is 0 Å². The molecule has 0 bridgehead atoms. The summed E-state index contributed by atoms with van der Waals surface area (Å²) in [6, 6.07) is 4.11. The zero-order chi connectivity index (χ0) is 26.3. The van der Waals surface area contributed by atoms with Crippen molar-refractivity contribution < 1.29 is 28.6 Å². The van der Waals surface area contributed by atoms with Gasteiger partial charge in [0.25, 0.3) is 11.5 Å². The van der Waals surface area contributed by atoms with Gasteiger partial charge in [0, 0.05) is 19.2 Å². The molecule has 3 aromatic rings. The molecule has 1 atom stereocenters. The molecule has 0 radical (unpaired) electrons. The summed E-state index contributed by atoms with van der Waals surface area (Å²) in [6.07, 6.45) is -0.124. The Hall–Kier alpha value is -4.33. The molecule has 5 heterocycles. The summed E-state index contributed by atoms with van der Waals surface area (Å²) < 4.78 is 21.5. The lowest BCUT2D eigenvalue weighted by atomic mass is 10.2. The Balaban J connectivity index is 1.47. The number of nitrogens with one attached hydrogen (secondary N) is 1. The molecule has 0 spiro atoms. The molecule has 0 aliphatic carbocycles. The topological polar surface area (TPSA) is 151 Å². The molecule has 1 saturated heterocycles. The minimum atomic E-state index is -1.07. The first-order chi connectivity index (χ1) is 17.7. The normalized spacial score (nSPS) is 17.4. The maximum absolute atomic E-state index is 13.5. The second-order valence-electron chi connectivity index (χ2n) is 8.79. The van der Waals surface area contributed by atoms with Crippen LogP contribution in [0.25, 0.3) is 5.65 Å². The number of morpholine rings is 1. The first-order valence-electron chi connectivity index (χ1n) is 11.7. The van der Waals surface area contributed by atoms with E-state index in [1.165, 1.54) is 24.9 Å². The van der Waals surface area contributed by atoms with Crippen LogP contribution >= 0.6 is 0 Å². The van der Waals surface area contributed by atoms with Gasteiger partial charge in [0.05, 0.1) is 43.3 Å². The van der Waals surface area contributed by atoms with Gasteiger partial charge >= 0.3 is 6.09 Å². The highest BCUT2D eigenvalue weighted by Gasteiger charge is 2.37. The minimum Gasteiger partial charge on any atom is -0.465 e. The van der Waals surface area contributed by atoms with Crippen LogP contribution in [-0.4, -0.2) is 84.3 Å². The lowest BCUT2D eigenvalue weighted by Gasteiger charge is -2.33. The predicted molar refractivity (Wildman–Crippen MR) is 126 cm³/mol.